The van der Waals surface area contributed by atoms with Crippen molar-refractivity contribution in [2.24, 2.45) is 0 Å². The van der Waals surface area contributed by atoms with Crippen LogP contribution < -0.4 is 10.6 Å². The van der Waals surface area contributed by atoms with Crippen LogP contribution in [0.4, 0.5) is 5.82 Å². The van der Waals surface area contributed by atoms with Gasteiger partial charge in [-0.05, 0) is 24.3 Å². The van der Waals surface area contributed by atoms with Crippen molar-refractivity contribution >= 4 is 11.7 Å². The third-order valence-electron chi connectivity index (χ3n) is 4.02. The Hall–Kier alpha value is -2.51. The lowest BCUT2D eigenvalue weighted by molar-refractivity contribution is 0.0398. The summed E-state index contributed by atoms with van der Waals surface area (Å²) in [6.07, 6.45) is 3.36. The first kappa shape index (κ1) is 17.3. The Bertz CT molecular complexity index is 674. The molecule has 1 aliphatic rings. The number of hydrogen-bond acceptors (Lipinski definition) is 6. The van der Waals surface area contributed by atoms with Gasteiger partial charge in [-0.15, -0.1) is 0 Å². The number of nitrogens with one attached hydrogen (secondary N) is 2. The van der Waals surface area contributed by atoms with E-state index in [0.29, 0.717) is 17.9 Å². The number of nitrogens with zero attached hydrogens (tertiary/aromatic N) is 3. The fraction of sp³-hybridized carbons (Fsp3) is 0.389. The maximum atomic E-state index is 12.3. The lowest BCUT2D eigenvalue weighted by Crippen LogP contribution is -2.39. The first-order chi connectivity index (χ1) is 12.3. The quantitative estimate of drug-likeness (QED) is 0.786. The molecule has 3 heterocycles. The molecule has 2 N–H and O–H groups in total. The SMILES string of the molecule is O=C(NCc1ccccn1)c1ccnc(NCCN2CCOCC2)c1. The molecule has 0 unspecified atom stereocenters. The van der Waals surface area contributed by atoms with E-state index in [-0.39, 0.29) is 5.91 Å². The highest BCUT2D eigenvalue weighted by Crippen LogP contribution is 2.07. The Morgan fingerprint density at radius 3 is 2.84 bits per heavy atom. The molecule has 0 aromatic carbocycles. The molecule has 7 heteroatoms. The number of rotatable bonds is 7. The number of pyridine rings is 2. The normalized spacial score (nSPS) is 14.9. The van der Waals surface area contributed by atoms with Crippen LogP contribution in [0.25, 0.3) is 0 Å². The molecule has 0 radical (unpaired) electrons. The third-order valence-corrected chi connectivity index (χ3v) is 4.02. The Kier molecular flexibility index (Phi) is 6.30. The van der Waals surface area contributed by atoms with Crippen LogP contribution in [0.1, 0.15) is 16.1 Å². The van der Waals surface area contributed by atoms with Crippen molar-refractivity contribution < 1.29 is 9.53 Å². The smallest absolute Gasteiger partial charge is 0.251 e. The Morgan fingerprint density at radius 1 is 1.16 bits per heavy atom. The molecule has 3 rings (SSSR count). The molecule has 0 atom stereocenters. The molecule has 2 aromatic heterocycles. The van der Waals surface area contributed by atoms with Crippen LogP contribution in [0.5, 0.6) is 0 Å². The average molecular weight is 341 g/mol. The maximum Gasteiger partial charge on any atom is 0.251 e. The van der Waals surface area contributed by atoms with E-state index in [1.54, 1.807) is 24.5 Å². The minimum atomic E-state index is -0.135. The Labute approximate surface area is 147 Å². The zero-order valence-electron chi connectivity index (χ0n) is 14.1. The molecule has 0 aliphatic carbocycles. The fourth-order valence-electron chi connectivity index (χ4n) is 2.61. The predicted octanol–water partition coefficient (Wildman–Crippen LogP) is 1.15. The number of carbonyl (C=O) groups excluding carboxylic acids is 1. The monoisotopic (exact) mass is 341 g/mol. The van der Waals surface area contributed by atoms with E-state index in [1.807, 2.05) is 18.2 Å². The minimum Gasteiger partial charge on any atom is -0.379 e. The molecule has 2 aromatic rings. The molecule has 0 saturated carbocycles. The molecule has 1 fully saturated rings. The Morgan fingerprint density at radius 2 is 2.04 bits per heavy atom. The van der Waals surface area contributed by atoms with Crippen molar-refractivity contribution in [1.82, 2.24) is 20.2 Å². The van der Waals surface area contributed by atoms with Crippen LogP contribution in [0, 0.1) is 0 Å². The summed E-state index contributed by atoms with van der Waals surface area (Å²) in [5, 5.41) is 6.15. The lowest BCUT2D eigenvalue weighted by atomic mass is 10.2. The number of amides is 1. The summed E-state index contributed by atoms with van der Waals surface area (Å²) in [6.45, 7) is 5.64. The van der Waals surface area contributed by atoms with E-state index in [9.17, 15) is 4.79 Å². The second-order valence-electron chi connectivity index (χ2n) is 5.81. The molecule has 0 bridgehead atoms. The molecule has 25 heavy (non-hydrogen) atoms. The molecular weight excluding hydrogens is 318 g/mol. The van der Waals surface area contributed by atoms with E-state index < -0.39 is 0 Å². The lowest BCUT2D eigenvalue weighted by Gasteiger charge is -2.26. The molecule has 132 valence electrons. The molecular formula is C18H23N5O2. The summed E-state index contributed by atoms with van der Waals surface area (Å²) in [6, 6.07) is 9.11. The van der Waals surface area contributed by atoms with Crippen LogP contribution in [0.2, 0.25) is 0 Å². The topological polar surface area (TPSA) is 79.4 Å². The Balaban J connectivity index is 1.47. The van der Waals surface area contributed by atoms with Crippen LogP contribution in [-0.4, -0.2) is 60.2 Å². The van der Waals surface area contributed by atoms with Crippen LogP contribution in [0.3, 0.4) is 0 Å². The van der Waals surface area contributed by atoms with Crippen molar-refractivity contribution in [3.05, 3.63) is 54.0 Å². The molecule has 1 saturated heterocycles. The van der Waals surface area contributed by atoms with E-state index in [0.717, 1.165) is 45.1 Å². The second-order valence-corrected chi connectivity index (χ2v) is 5.81. The maximum absolute atomic E-state index is 12.3. The summed E-state index contributed by atoms with van der Waals surface area (Å²) < 4.78 is 5.34. The number of aromatic nitrogens is 2. The van der Waals surface area contributed by atoms with Gasteiger partial charge in [0.1, 0.15) is 5.82 Å². The highest BCUT2D eigenvalue weighted by molar-refractivity contribution is 5.94. The molecule has 1 aliphatic heterocycles. The van der Waals surface area contributed by atoms with Crippen LogP contribution >= 0.6 is 0 Å². The first-order valence-corrected chi connectivity index (χ1v) is 8.49. The third kappa shape index (κ3) is 5.51. The van der Waals surface area contributed by atoms with Gasteiger partial charge in [0, 0.05) is 44.1 Å². The summed E-state index contributed by atoms with van der Waals surface area (Å²) in [4.78, 5) is 23.1. The van der Waals surface area contributed by atoms with Gasteiger partial charge in [0.15, 0.2) is 0 Å². The van der Waals surface area contributed by atoms with Gasteiger partial charge in [-0.25, -0.2) is 4.98 Å². The van der Waals surface area contributed by atoms with Crippen molar-refractivity contribution in [3.63, 3.8) is 0 Å². The van der Waals surface area contributed by atoms with Crippen LogP contribution in [-0.2, 0) is 11.3 Å². The van der Waals surface area contributed by atoms with Gasteiger partial charge < -0.3 is 15.4 Å². The largest absolute Gasteiger partial charge is 0.379 e. The van der Waals surface area contributed by atoms with E-state index in [1.165, 1.54) is 0 Å². The van der Waals surface area contributed by atoms with Gasteiger partial charge in [0.05, 0.1) is 25.5 Å². The van der Waals surface area contributed by atoms with Gasteiger partial charge >= 0.3 is 0 Å². The summed E-state index contributed by atoms with van der Waals surface area (Å²) >= 11 is 0. The van der Waals surface area contributed by atoms with Crippen molar-refractivity contribution in [3.8, 4) is 0 Å². The molecule has 0 spiro atoms. The standard InChI is InChI=1S/C18H23N5O2/c24-18(22-14-16-3-1-2-5-19-16)15-4-6-20-17(13-15)21-7-8-23-9-11-25-12-10-23/h1-6,13H,7-12,14H2,(H,20,21)(H,22,24). The number of hydrogen-bond donors (Lipinski definition) is 2. The van der Waals surface area contributed by atoms with Gasteiger partial charge in [-0.3, -0.25) is 14.7 Å². The van der Waals surface area contributed by atoms with Gasteiger partial charge in [-0.1, -0.05) is 6.07 Å². The average Bonchev–Trinajstić information content (AvgIpc) is 2.68. The van der Waals surface area contributed by atoms with Crippen molar-refractivity contribution in [2.75, 3.05) is 44.7 Å². The summed E-state index contributed by atoms with van der Waals surface area (Å²) in [5.74, 6) is 0.572. The number of carbonyl (C=O) groups is 1. The number of ether oxygens (including phenoxy) is 1. The van der Waals surface area contributed by atoms with Gasteiger partial charge in [-0.2, -0.15) is 0 Å². The number of anilines is 1. The van der Waals surface area contributed by atoms with Gasteiger partial charge in [0.25, 0.3) is 5.91 Å². The second kappa shape index (κ2) is 9.10. The molecule has 7 nitrogen and oxygen atoms in total. The van der Waals surface area contributed by atoms with E-state index >= 15 is 0 Å². The predicted molar refractivity (Wildman–Crippen MR) is 95.4 cm³/mol. The van der Waals surface area contributed by atoms with E-state index in [2.05, 4.69) is 25.5 Å². The molecule has 1 amide bonds. The first-order valence-electron chi connectivity index (χ1n) is 8.49. The van der Waals surface area contributed by atoms with Crippen molar-refractivity contribution in [2.45, 2.75) is 6.54 Å². The van der Waals surface area contributed by atoms with Crippen LogP contribution in [0.15, 0.2) is 42.7 Å². The number of morpholine rings is 1. The highest BCUT2D eigenvalue weighted by Gasteiger charge is 2.10. The summed E-state index contributed by atoms with van der Waals surface area (Å²) in [7, 11) is 0. The minimum absolute atomic E-state index is 0.135. The highest BCUT2D eigenvalue weighted by atomic mass is 16.5. The van der Waals surface area contributed by atoms with Crippen molar-refractivity contribution in [1.29, 1.82) is 0 Å². The zero-order valence-corrected chi connectivity index (χ0v) is 14.1. The fourth-order valence-corrected chi connectivity index (χ4v) is 2.61. The zero-order chi connectivity index (χ0) is 17.3. The van der Waals surface area contributed by atoms with Gasteiger partial charge in [0.2, 0.25) is 0 Å². The van der Waals surface area contributed by atoms with E-state index in [4.69, 9.17) is 4.74 Å². The summed E-state index contributed by atoms with van der Waals surface area (Å²) in [5.41, 5.74) is 1.41.